The highest BCUT2D eigenvalue weighted by Crippen LogP contribution is 2.32. The summed E-state index contributed by atoms with van der Waals surface area (Å²) in [6.45, 7) is 2.78. The summed E-state index contributed by atoms with van der Waals surface area (Å²) in [5.74, 6) is 1.04. The fourth-order valence-electron chi connectivity index (χ4n) is 2.27. The second-order valence-electron chi connectivity index (χ2n) is 4.26. The second kappa shape index (κ2) is 5.74. The summed E-state index contributed by atoms with van der Waals surface area (Å²) in [5.41, 5.74) is 2.77. The minimum Gasteiger partial charge on any atom is -0.493 e. The molecule has 1 heteroatoms. The number of ether oxygens (including phenoxy) is 1. The Hall–Kier alpha value is -1.24. The van der Waals surface area contributed by atoms with Crippen molar-refractivity contribution in [2.45, 2.75) is 39.0 Å². The van der Waals surface area contributed by atoms with Crippen molar-refractivity contribution in [1.29, 1.82) is 0 Å². The lowest BCUT2D eigenvalue weighted by Crippen LogP contribution is -1.96. The van der Waals surface area contributed by atoms with Gasteiger partial charge >= 0.3 is 0 Å². The van der Waals surface area contributed by atoms with Crippen LogP contribution in [0.3, 0.4) is 0 Å². The van der Waals surface area contributed by atoms with E-state index >= 15 is 0 Å². The van der Waals surface area contributed by atoms with Gasteiger partial charge in [0.2, 0.25) is 0 Å². The quantitative estimate of drug-likeness (QED) is 0.726. The molecule has 1 aliphatic rings. The van der Waals surface area contributed by atoms with Gasteiger partial charge < -0.3 is 4.74 Å². The predicted molar refractivity (Wildman–Crippen MR) is 68.7 cm³/mol. The summed E-state index contributed by atoms with van der Waals surface area (Å²) in [6.07, 6.45) is 8.81. The van der Waals surface area contributed by atoms with Gasteiger partial charge in [-0.15, -0.1) is 0 Å². The van der Waals surface area contributed by atoms with Crippen LogP contribution < -0.4 is 4.74 Å². The molecule has 0 amide bonds. The fraction of sp³-hybridized carbons (Fsp3) is 0.467. The fourth-order valence-corrected chi connectivity index (χ4v) is 2.27. The van der Waals surface area contributed by atoms with Crippen LogP contribution in [-0.4, -0.2) is 6.61 Å². The van der Waals surface area contributed by atoms with E-state index in [1.54, 1.807) is 0 Å². The molecular formula is C15H20O. The summed E-state index contributed by atoms with van der Waals surface area (Å²) >= 11 is 0. The molecule has 2 rings (SSSR count). The first-order valence-electron chi connectivity index (χ1n) is 6.33. The van der Waals surface area contributed by atoms with Gasteiger partial charge in [0.15, 0.2) is 0 Å². The van der Waals surface area contributed by atoms with E-state index in [1.807, 2.05) is 13.0 Å². The van der Waals surface area contributed by atoms with E-state index in [0.717, 1.165) is 12.4 Å². The molecule has 16 heavy (non-hydrogen) atoms. The monoisotopic (exact) mass is 216 g/mol. The Morgan fingerprint density at radius 2 is 2.00 bits per heavy atom. The van der Waals surface area contributed by atoms with Gasteiger partial charge in [-0.25, -0.2) is 0 Å². The Labute approximate surface area is 98.1 Å². The normalized spacial score (nSPS) is 16.4. The molecule has 86 valence electrons. The maximum Gasteiger partial charge on any atom is 0.126 e. The van der Waals surface area contributed by atoms with Crippen LogP contribution in [0.5, 0.6) is 5.75 Å². The van der Waals surface area contributed by atoms with Gasteiger partial charge in [0, 0.05) is 5.56 Å². The van der Waals surface area contributed by atoms with Crippen LogP contribution in [0.2, 0.25) is 0 Å². The van der Waals surface area contributed by atoms with Gasteiger partial charge in [-0.1, -0.05) is 30.7 Å². The smallest absolute Gasteiger partial charge is 0.126 e. The first kappa shape index (κ1) is 11.3. The van der Waals surface area contributed by atoms with Crippen molar-refractivity contribution in [3.05, 3.63) is 35.9 Å². The molecule has 0 heterocycles. The lowest BCUT2D eigenvalue weighted by Gasteiger charge is -2.12. The number of allylic oxidation sites excluding steroid dienone is 2. The Morgan fingerprint density at radius 1 is 1.12 bits per heavy atom. The maximum absolute atomic E-state index is 5.69. The molecular weight excluding hydrogens is 196 g/mol. The Balaban J connectivity index is 2.27. The lowest BCUT2D eigenvalue weighted by atomic mass is 10.0. The van der Waals surface area contributed by atoms with Crippen molar-refractivity contribution in [3.8, 4) is 5.75 Å². The second-order valence-corrected chi connectivity index (χ2v) is 4.26. The molecule has 0 aromatic heterocycles. The van der Waals surface area contributed by atoms with E-state index in [4.69, 9.17) is 4.74 Å². The van der Waals surface area contributed by atoms with Crippen LogP contribution in [0.4, 0.5) is 0 Å². The van der Waals surface area contributed by atoms with Crippen LogP contribution in [-0.2, 0) is 0 Å². The van der Waals surface area contributed by atoms with Crippen LogP contribution in [0.1, 0.15) is 44.6 Å². The van der Waals surface area contributed by atoms with Gasteiger partial charge in [-0.3, -0.25) is 0 Å². The first-order valence-corrected chi connectivity index (χ1v) is 6.33. The topological polar surface area (TPSA) is 9.23 Å². The summed E-state index contributed by atoms with van der Waals surface area (Å²) in [7, 11) is 0. The van der Waals surface area contributed by atoms with Crippen molar-refractivity contribution in [3.63, 3.8) is 0 Å². The number of hydrogen-bond acceptors (Lipinski definition) is 1. The van der Waals surface area contributed by atoms with Crippen molar-refractivity contribution >= 4 is 5.57 Å². The number of para-hydroxylation sites is 1. The van der Waals surface area contributed by atoms with Crippen molar-refractivity contribution in [1.82, 2.24) is 0 Å². The van der Waals surface area contributed by atoms with E-state index in [0.29, 0.717) is 0 Å². The zero-order valence-electron chi connectivity index (χ0n) is 10.0. The predicted octanol–water partition coefficient (Wildman–Crippen LogP) is 4.43. The summed E-state index contributed by atoms with van der Waals surface area (Å²) < 4.78 is 5.69. The molecule has 1 aromatic rings. The molecule has 0 spiro atoms. The largest absolute Gasteiger partial charge is 0.493 e. The first-order chi connectivity index (χ1) is 7.92. The zero-order valence-corrected chi connectivity index (χ0v) is 10.0. The molecule has 0 atom stereocenters. The Kier molecular flexibility index (Phi) is 4.03. The van der Waals surface area contributed by atoms with Crippen molar-refractivity contribution in [2.24, 2.45) is 0 Å². The molecule has 0 saturated heterocycles. The van der Waals surface area contributed by atoms with Gasteiger partial charge in [-0.05, 0) is 44.2 Å². The summed E-state index contributed by atoms with van der Waals surface area (Å²) in [5, 5.41) is 0. The minimum absolute atomic E-state index is 0.740. The van der Waals surface area contributed by atoms with Crippen molar-refractivity contribution in [2.75, 3.05) is 6.61 Å². The van der Waals surface area contributed by atoms with E-state index in [-0.39, 0.29) is 0 Å². The molecule has 1 aliphatic carbocycles. The van der Waals surface area contributed by atoms with Gasteiger partial charge in [0.05, 0.1) is 6.61 Å². The highest BCUT2D eigenvalue weighted by molar-refractivity contribution is 5.70. The highest BCUT2D eigenvalue weighted by Gasteiger charge is 2.09. The summed E-state index contributed by atoms with van der Waals surface area (Å²) in [4.78, 5) is 0. The Morgan fingerprint density at radius 3 is 2.88 bits per heavy atom. The SMILES string of the molecule is CCOc1ccccc1C1=CCCCCC1. The van der Waals surface area contributed by atoms with Gasteiger partial charge in [0.1, 0.15) is 5.75 Å². The van der Waals surface area contributed by atoms with Crippen LogP contribution in [0.25, 0.3) is 5.57 Å². The van der Waals surface area contributed by atoms with Crippen molar-refractivity contribution < 1.29 is 4.74 Å². The average molecular weight is 216 g/mol. The van der Waals surface area contributed by atoms with Crippen LogP contribution >= 0.6 is 0 Å². The van der Waals surface area contributed by atoms with E-state index in [1.165, 1.54) is 43.2 Å². The standard InChI is InChI=1S/C15H20O/c1-2-16-15-12-8-7-11-14(15)13-9-5-3-4-6-10-13/h7-9,11-12H,2-6,10H2,1H3. The molecule has 0 N–H and O–H groups in total. The van der Waals surface area contributed by atoms with Gasteiger partial charge in [0.25, 0.3) is 0 Å². The molecule has 1 aromatic carbocycles. The molecule has 0 aliphatic heterocycles. The molecule has 0 radical (unpaired) electrons. The average Bonchev–Trinajstić information content (AvgIpc) is 2.59. The van der Waals surface area contributed by atoms with E-state index in [2.05, 4.69) is 24.3 Å². The third-order valence-corrected chi connectivity index (χ3v) is 3.07. The Bertz CT molecular complexity index is 365. The highest BCUT2D eigenvalue weighted by atomic mass is 16.5. The van der Waals surface area contributed by atoms with E-state index < -0.39 is 0 Å². The maximum atomic E-state index is 5.69. The number of benzene rings is 1. The zero-order chi connectivity index (χ0) is 11.2. The third kappa shape index (κ3) is 2.66. The molecule has 0 saturated carbocycles. The molecule has 1 nitrogen and oxygen atoms in total. The number of hydrogen-bond donors (Lipinski definition) is 0. The van der Waals surface area contributed by atoms with Crippen LogP contribution in [0.15, 0.2) is 30.3 Å². The third-order valence-electron chi connectivity index (χ3n) is 3.07. The number of rotatable bonds is 3. The molecule has 0 bridgehead atoms. The van der Waals surface area contributed by atoms with E-state index in [9.17, 15) is 0 Å². The van der Waals surface area contributed by atoms with Gasteiger partial charge in [-0.2, -0.15) is 0 Å². The molecule has 0 unspecified atom stereocenters. The van der Waals surface area contributed by atoms with Crippen LogP contribution in [0, 0.1) is 0 Å². The molecule has 0 fully saturated rings. The lowest BCUT2D eigenvalue weighted by molar-refractivity contribution is 0.339. The minimum atomic E-state index is 0.740. The summed E-state index contributed by atoms with van der Waals surface area (Å²) in [6, 6.07) is 8.40.